The number of hydrogen-bond acceptors (Lipinski definition) is 2. The molecule has 0 saturated carbocycles. The van der Waals surface area contributed by atoms with Crippen LogP contribution in [0.3, 0.4) is 0 Å². The third-order valence-corrected chi connectivity index (χ3v) is 3.93. The fourth-order valence-corrected chi connectivity index (χ4v) is 2.49. The molecule has 0 fully saturated rings. The van der Waals surface area contributed by atoms with Crippen LogP contribution in [0.2, 0.25) is 5.02 Å². The van der Waals surface area contributed by atoms with Crippen molar-refractivity contribution in [2.24, 2.45) is 0 Å². The summed E-state index contributed by atoms with van der Waals surface area (Å²) in [6.07, 6.45) is 4.23. The number of amides is 1. The van der Waals surface area contributed by atoms with Gasteiger partial charge in [-0.25, -0.2) is 0 Å². The topological polar surface area (TPSA) is 32.3 Å². The molecule has 0 bridgehead atoms. The Hall–Kier alpha value is -2.10. The number of benzene rings is 2. The Labute approximate surface area is 148 Å². The largest absolute Gasteiger partial charge is 0.346 e. The van der Waals surface area contributed by atoms with Gasteiger partial charge in [0.1, 0.15) is 0 Å². The predicted molar refractivity (Wildman–Crippen MR) is 101 cm³/mol. The number of hydrogen-bond donors (Lipinski definition) is 1. The van der Waals surface area contributed by atoms with E-state index in [9.17, 15) is 4.79 Å². The second-order valence-corrected chi connectivity index (χ2v) is 6.39. The minimum absolute atomic E-state index is 0.0439. The third kappa shape index (κ3) is 6.19. The molecule has 0 aliphatic heterocycles. The van der Waals surface area contributed by atoms with Gasteiger partial charge in [-0.1, -0.05) is 54.1 Å². The molecule has 1 N–H and O–H groups in total. The Morgan fingerprint density at radius 1 is 1.12 bits per heavy atom. The number of carbonyl (C=O) groups excluding carboxylic acids is 1. The maximum absolute atomic E-state index is 12.3. The molecule has 2 aromatic carbocycles. The zero-order chi connectivity index (χ0) is 17.4. The van der Waals surface area contributed by atoms with E-state index in [1.807, 2.05) is 74.8 Å². The molecule has 126 valence electrons. The number of rotatable bonds is 7. The summed E-state index contributed by atoms with van der Waals surface area (Å²) < 4.78 is 0. The van der Waals surface area contributed by atoms with Crippen molar-refractivity contribution in [1.29, 1.82) is 0 Å². The first kappa shape index (κ1) is 18.2. The molecule has 4 heteroatoms. The Morgan fingerprint density at radius 3 is 2.42 bits per heavy atom. The lowest BCUT2D eigenvalue weighted by molar-refractivity contribution is -0.117. The van der Waals surface area contributed by atoms with Crippen LogP contribution in [-0.4, -0.2) is 31.4 Å². The van der Waals surface area contributed by atoms with E-state index in [1.54, 1.807) is 6.08 Å². The van der Waals surface area contributed by atoms with Crippen molar-refractivity contribution in [1.82, 2.24) is 10.2 Å². The van der Waals surface area contributed by atoms with Crippen LogP contribution in [0.5, 0.6) is 0 Å². The summed E-state index contributed by atoms with van der Waals surface area (Å²) in [6, 6.07) is 17.4. The number of nitrogens with zero attached hydrogens (tertiary/aromatic N) is 1. The zero-order valence-electron chi connectivity index (χ0n) is 14.1. The summed E-state index contributed by atoms with van der Waals surface area (Å²) >= 11 is 5.96. The average molecular weight is 343 g/mol. The van der Waals surface area contributed by atoms with Crippen molar-refractivity contribution in [2.45, 2.75) is 12.5 Å². The van der Waals surface area contributed by atoms with Crippen molar-refractivity contribution >= 4 is 23.6 Å². The van der Waals surface area contributed by atoms with E-state index >= 15 is 0 Å². The van der Waals surface area contributed by atoms with E-state index < -0.39 is 0 Å². The maximum Gasteiger partial charge on any atom is 0.244 e. The molecule has 0 saturated heterocycles. The summed E-state index contributed by atoms with van der Waals surface area (Å²) in [5.41, 5.74) is 2.06. The van der Waals surface area contributed by atoms with E-state index in [2.05, 4.69) is 10.2 Å². The van der Waals surface area contributed by atoms with Gasteiger partial charge in [-0.3, -0.25) is 4.79 Å². The van der Waals surface area contributed by atoms with E-state index in [4.69, 9.17) is 11.6 Å². The van der Waals surface area contributed by atoms with Crippen LogP contribution in [0.15, 0.2) is 60.7 Å². The van der Waals surface area contributed by atoms with E-state index in [-0.39, 0.29) is 11.9 Å². The second-order valence-electron chi connectivity index (χ2n) is 5.95. The fraction of sp³-hybridized carbons (Fsp3) is 0.250. The number of halogens is 1. The highest BCUT2D eigenvalue weighted by atomic mass is 35.5. The molecule has 1 atom stereocenters. The minimum atomic E-state index is -0.0995. The molecule has 1 amide bonds. The molecule has 0 spiro atoms. The summed E-state index contributed by atoms with van der Waals surface area (Å²) in [6.45, 7) is 0.885. The molecule has 0 radical (unpaired) electrons. The van der Waals surface area contributed by atoms with Gasteiger partial charge in [0.25, 0.3) is 0 Å². The van der Waals surface area contributed by atoms with Crippen molar-refractivity contribution < 1.29 is 4.79 Å². The smallest absolute Gasteiger partial charge is 0.244 e. The van der Waals surface area contributed by atoms with Gasteiger partial charge in [-0.05, 0) is 56.4 Å². The van der Waals surface area contributed by atoms with Crippen LogP contribution in [0.25, 0.3) is 6.08 Å². The molecule has 1 unspecified atom stereocenters. The van der Waals surface area contributed by atoms with E-state index in [0.717, 1.165) is 24.1 Å². The molecule has 0 aliphatic carbocycles. The van der Waals surface area contributed by atoms with Crippen LogP contribution in [0.4, 0.5) is 0 Å². The highest BCUT2D eigenvalue weighted by Gasteiger charge is 2.13. The normalized spacial score (nSPS) is 12.5. The van der Waals surface area contributed by atoms with Crippen LogP contribution in [0.1, 0.15) is 23.6 Å². The van der Waals surface area contributed by atoms with Crippen molar-refractivity contribution in [3.05, 3.63) is 76.8 Å². The summed E-state index contributed by atoms with van der Waals surface area (Å²) in [5, 5.41) is 3.78. The molecule has 0 aromatic heterocycles. The fourth-order valence-electron chi connectivity index (χ4n) is 2.36. The number of carbonyl (C=O) groups is 1. The summed E-state index contributed by atoms with van der Waals surface area (Å²) in [4.78, 5) is 14.4. The molecular formula is C20H23ClN2O. The lowest BCUT2D eigenvalue weighted by atomic mass is 10.0. The van der Waals surface area contributed by atoms with Gasteiger partial charge >= 0.3 is 0 Å². The number of nitrogens with one attached hydrogen (secondary N) is 1. The van der Waals surface area contributed by atoms with Crippen LogP contribution in [-0.2, 0) is 4.79 Å². The Balaban J connectivity index is 2.05. The van der Waals surface area contributed by atoms with Crippen molar-refractivity contribution in [3.8, 4) is 0 Å². The monoisotopic (exact) mass is 342 g/mol. The highest BCUT2D eigenvalue weighted by Crippen LogP contribution is 2.19. The van der Waals surface area contributed by atoms with Crippen LogP contribution >= 0.6 is 11.6 Å². The Kier molecular flexibility index (Phi) is 7.04. The standard InChI is InChI=1S/C20H23ClN2O/c1-23(2)15-14-19(17-9-11-18(21)12-10-17)22-20(24)13-8-16-6-4-3-5-7-16/h3-13,19H,14-15H2,1-2H3,(H,22,24)/b13-8+. The van der Waals surface area contributed by atoms with Gasteiger partial charge in [0.05, 0.1) is 6.04 Å². The third-order valence-electron chi connectivity index (χ3n) is 3.68. The molecular weight excluding hydrogens is 320 g/mol. The van der Waals surface area contributed by atoms with Gasteiger partial charge in [-0.2, -0.15) is 0 Å². The molecule has 24 heavy (non-hydrogen) atoms. The molecule has 2 aromatic rings. The van der Waals surface area contributed by atoms with Gasteiger partial charge in [-0.15, -0.1) is 0 Å². The summed E-state index contributed by atoms with van der Waals surface area (Å²) in [7, 11) is 4.05. The Bertz CT molecular complexity index is 666. The highest BCUT2D eigenvalue weighted by molar-refractivity contribution is 6.30. The predicted octanol–water partition coefficient (Wildman–Crippen LogP) is 4.16. The van der Waals surface area contributed by atoms with Gasteiger partial charge in [0.2, 0.25) is 5.91 Å². The van der Waals surface area contributed by atoms with Gasteiger partial charge in [0, 0.05) is 11.1 Å². The lowest BCUT2D eigenvalue weighted by Crippen LogP contribution is -2.29. The van der Waals surface area contributed by atoms with Crippen molar-refractivity contribution in [3.63, 3.8) is 0 Å². The molecule has 0 aliphatic rings. The second kappa shape index (κ2) is 9.26. The first-order valence-electron chi connectivity index (χ1n) is 7.98. The SMILES string of the molecule is CN(C)CCC(NC(=O)/C=C/c1ccccc1)c1ccc(Cl)cc1. The quantitative estimate of drug-likeness (QED) is 0.766. The zero-order valence-corrected chi connectivity index (χ0v) is 14.8. The summed E-state index contributed by atoms with van der Waals surface area (Å²) in [5.74, 6) is -0.0995. The first-order chi connectivity index (χ1) is 11.5. The van der Waals surface area contributed by atoms with Gasteiger partial charge < -0.3 is 10.2 Å². The van der Waals surface area contributed by atoms with Gasteiger partial charge in [0.15, 0.2) is 0 Å². The average Bonchev–Trinajstić information content (AvgIpc) is 2.58. The van der Waals surface area contributed by atoms with Crippen molar-refractivity contribution in [2.75, 3.05) is 20.6 Å². The first-order valence-corrected chi connectivity index (χ1v) is 8.36. The lowest BCUT2D eigenvalue weighted by Gasteiger charge is -2.20. The van der Waals surface area contributed by atoms with Crippen LogP contribution < -0.4 is 5.32 Å². The molecule has 0 heterocycles. The molecule has 2 rings (SSSR count). The van der Waals surface area contributed by atoms with E-state index in [1.165, 1.54) is 0 Å². The van der Waals surface area contributed by atoms with Crippen LogP contribution in [0, 0.1) is 0 Å². The maximum atomic E-state index is 12.3. The minimum Gasteiger partial charge on any atom is -0.346 e. The Morgan fingerprint density at radius 2 is 1.79 bits per heavy atom. The molecule has 3 nitrogen and oxygen atoms in total. The van der Waals surface area contributed by atoms with E-state index in [0.29, 0.717) is 5.02 Å².